The number of hydrogen-bond donors (Lipinski definition) is 1. The van der Waals surface area contributed by atoms with Crippen molar-refractivity contribution in [3.05, 3.63) is 59.9 Å². The number of hydrogen-bond acceptors (Lipinski definition) is 4. The first-order valence-electron chi connectivity index (χ1n) is 6.10. The van der Waals surface area contributed by atoms with E-state index in [-0.39, 0.29) is 6.04 Å². The zero-order chi connectivity index (χ0) is 13.7. The van der Waals surface area contributed by atoms with Crippen LogP contribution >= 0.6 is 0 Å². The van der Waals surface area contributed by atoms with Crippen molar-refractivity contribution in [1.82, 2.24) is 4.98 Å². The third kappa shape index (κ3) is 2.72. The van der Waals surface area contributed by atoms with Gasteiger partial charge in [-0.05, 0) is 29.8 Å². The molecule has 0 spiro atoms. The molecule has 0 fully saturated rings. The number of para-hydroxylation sites is 1. The fourth-order valence-corrected chi connectivity index (χ4v) is 2.15. The molecule has 1 atom stereocenters. The molecule has 4 nitrogen and oxygen atoms in total. The van der Waals surface area contributed by atoms with E-state index in [4.69, 9.17) is 5.73 Å². The molecule has 19 heavy (non-hydrogen) atoms. The smallest absolute Gasteiger partial charge is 0.101 e. The van der Waals surface area contributed by atoms with Gasteiger partial charge in [-0.1, -0.05) is 12.1 Å². The fourth-order valence-electron chi connectivity index (χ4n) is 2.15. The van der Waals surface area contributed by atoms with Crippen LogP contribution in [0.15, 0.2) is 48.8 Å². The number of anilines is 1. The number of rotatable bonds is 4. The van der Waals surface area contributed by atoms with Gasteiger partial charge in [0.25, 0.3) is 0 Å². The van der Waals surface area contributed by atoms with Crippen LogP contribution in [0.4, 0.5) is 5.69 Å². The first kappa shape index (κ1) is 13.1. The lowest BCUT2D eigenvalue weighted by atomic mass is 10.1. The Morgan fingerprint density at radius 1 is 1.26 bits per heavy atom. The van der Waals surface area contributed by atoms with Crippen molar-refractivity contribution in [2.75, 3.05) is 18.5 Å². The molecule has 2 N–H and O–H groups in total. The lowest BCUT2D eigenvalue weighted by Gasteiger charge is -2.30. The van der Waals surface area contributed by atoms with Crippen LogP contribution in [0.5, 0.6) is 0 Å². The van der Waals surface area contributed by atoms with Crippen LogP contribution < -0.4 is 10.6 Å². The zero-order valence-corrected chi connectivity index (χ0v) is 10.8. The van der Waals surface area contributed by atoms with Crippen molar-refractivity contribution in [3.63, 3.8) is 0 Å². The van der Waals surface area contributed by atoms with Crippen molar-refractivity contribution in [2.45, 2.75) is 6.04 Å². The average molecular weight is 252 g/mol. The van der Waals surface area contributed by atoms with Gasteiger partial charge in [0.1, 0.15) is 6.07 Å². The first-order valence-corrected chi connectivity index (χ1v) is 6.10. The predicted octanol–water partition coefficient (Wildman–Crippen LogP) is 2.09. The van der Waals surface area contributed by atoms with Crippen LogP contribution in [0.1, 0.15) is 17.2 Å². The Balaban J connectivity index is 2.37. The summed E-state index contributed by atoms with van der Waals surface area (Å²) < 4.78 is 0. The van der Waals surface area contributed by atoms with E-state index in [0.717, 1.165) is 11.3 Å². The maximum atomic E-state index is 9.17. The van der Waals surface area contributed by atoms with E-state index in [1.54, 1.807) is 12.4 Å². The van der Waals surface area contributed by atoms with Gasteiger partial charge in [-0.2, -0.15) is 5.26 Å². The van der Waals surface area contributed by atoms with Gasteiger partial charge in [-0.3, -0.25) is 4.98 Å². The molecule has 0 aliphatic carbocycles. The lowest BCUT2D eigenvalue weighted by molar-refractivity contribution is 0.679. The second kappa shape index (κ2) is 5.98. The zero-order valence-electron chi connectivity index (χ0n) is 10.8. The molecule has 0 bridgehead atoms. The minimum absolute atomic E-state index is 0.0255. The largest absolute Gasteiger partial charge is 0.365 e. The summed E-state index contributed by atoms with van der Waals surface area (Å²) in [6.07, 6.45) is 3.50. The Morgan fingerprint density at radius 2 is 1.95 bits per heavy atom. The van der Waals surface area contributed by atoms with Gasteiger partial charge in [0.2, 0.25) is 0 Å². The Labute approximate surface area is 113 Å². The topological polar surface area (TPSA) is 65.9 Å². The molecular weight excluding hydrogens is 236 g/mol. The molecule has 0 radical (unpaired) electrons. The second-order valence-electron chi connectivity index (χ2n) is 4.27. The van der Waals surface area contributed by atoms with E-state index in [0.29, 0.717) is 12.1 Å². The standard InChI is InChI=1S/C15H16N4/c1-19(14-5-3-2-4-13(14)10-16)15(11-17)12-6-8-18-9-7-12/h2-9,15H,11,17H2,1H3. The van der Waals surface area contributed by atoms with Gasteiger partial charge in [0, 0.05) is 26.0 Å². The van der Waals surface area contributed by atoms with E-state index >= 15 is 0 Å². The molecule has 0 saturated heterocycles. The summed E-state index contributed by atoms with van der Waals surface area (Å²) in [5.74, 6) is 0. The van der Waals surface area contributed by atoms with Gasteiger partial charge in [-0.15, -0.1) is 0 Å². The van der Waals surface area contributed by atoms with Crippen LogP contribution in [0, 0.1) is 11.3 Å². The Hall–Kier alpha value is -2.38. The molecule has 1 aromatic carbocycles. The molecule has 1 unspecified atom stereocenters. The number of pyridine rings is 1. The Kier molecular flexibility index (Phi) is 4.11. The highest BCUT2D eigenvalue weighted by molar-refractivity contribution is 5.60. The van der Waals surface area contributed by atoms with E-state index in [1.807, 2.05) is 48.3 Å². The summed E-state index contributed by atoms with van der Waals surface area (Å²) in [5, 5.41) is 9.17. The number of nitrogens with zero attached hydrogens (tertiary/aromatic N) is 3. The molecule has 96 valence electrons. The van der Waals surface area contributed by atoms with Gasteiger partial charge in [0.05, 0.1) is 17.3 Å². The number of nitriles is 1. The average Bonchev–Trinajstić information content (AvgIpc) is 2.49. The van der Waals surface area contributed by atoms with Crippen LogP contribution in [0.2, 0.25) is 0 Å². The molecule has 2 aromatic rings. The summed E-state index contributed by atoms with van der Waals surface area (Å²) in [6, 6.07) is 13.7. The first-order chi connectivity index (χ1) is 9.27. The summed E-state index contributed by atoms with van der Waals surface area (Å²) in [4.78, 5) is 6.05. The van der Waals surface area contributed by atoms with Crippen LogP contribution in [0.3, 0.4) is 0 Å². The van der Waals surface area contributed by atoms with E-state index in [9.17, 15) is 5.26 Å². The SMILES string of the molecule is CN(c1ccccc1C#N)C(CN)c1ccncc1. The minimum atomic E-state index is 0.0255. The fraction of sp³-hybridized carbons (Fsp3) is 0.200. The maximum Gasteiger partial charge on any atom is 0.101 e. The monoisotopic (exact) mass is 252 g/mol. The van der Waals surface area contributed by atoms with Crippen molar-refractivity contribution >= 4 is 5.69 Å². The summed E-state index contributed by atoms with van der Waals surface area (Å²) >= 11 is 0. The molecule has 0 aliphatic rings. The third-order valence-electron chi connectivity index (χ3n) is 3.19. The van der Waals surface area contributed by atoms with Crippen LogP contribution in [0.25, 0.3) is 0 Å². The summed E-state index contributed by atoms with van der Waals surface area (Å²) in [5.41, 5.74) is 8.52. The molecule has 4 heteroatoms. The second-order valence-corrected chi connectivity index (χ2v) is 4.27. The van der Waals surface area contributed by atoms with Gasteiger partial charge in [0.15, 0.2) is 0 Å². The molecular formula is C15H16N4. The van der Waals surface area contributed by atoms with Crippen molar-refractivity contribution < 1.29 is 0 Å². The van der Waals surface area contributed by atoms with E-state index < -0.39 is 0 Å². The number of benzene rings is 1. The van der Waals surface area contributed by atoms with Crippen LogP contribution in [-0.4, -0.2) is 18.6 Å². The van der Waals surface area contributed by atoms with Gasteiger partial charge >= 0.3 is 0 Å². The minimum Gasteiger partial charge on any atom is -0.365 e. The molecule has 1 heterocycles. The quantitative estimate of drug-likeness (QED) is 0.904. The highest BCUT2D eigenvalue weighted by Crippen LogP contribution is 2.27. The van der Waals surface area contributed by atoms with Crippen molar-refractivity contribution in [1.29, 1.82) is 5.26 Å². The maximum absolute atomic E-state index is 9.17. The van der Waals surface area contributed by atoms with Crippen molar-refractivity contribution in [2.24, 2.45) is 5.73 Å². The summed E-state index contributed by atoms with van der Waals surface area (Å²) in [7, 11) is 1.95. The number of nitrogens with two attached hydrogens (primary N) is 1. The Bertz CT molecular complexity index is 574. The van der Waals surface area contributed by atoms with E-state index in [2.05, 4.69) is 11.1 Å². The summed E-state index contributed by atoms with van der Waals surface area (Å²) in [6.45, 7) is 0.472. The van der Waals surface area contributed by atoms with Crippen LogP contribution in [-0.2, 0) is 0 Å². The highest BCUT2D eigenvalue weighted by Gasteiger charge is 2.17. The molecule has 1 aromatic heterocycles. The number of aromatic nitrogens is 1. The Morgan fingerprint density at radius 3 is 2.58 bits per heavy atom. The van der Waals surface area contributed by atoms with Gasteiger partial charge < -0.3 is 10.6 Å². The highest BCUT2D eigenvalue weighted by atomic mass is 15.1. The lowest BCUT2D eigenvalue weighted by Crippen LogP contribution is -2.30. The van der Waals surface area contributed by atoms with E-state index in [1.165, 1.54) is 0 Å². The molecule has 0 amide bonds. The third-order valence-corrected chi connectivity index (χ3v) is 3.19. The molecule has 0 aliphatic heterocycles. The molecule has 0 saturated carbocycles. The predicted molar refractivity (Wildman–Crippen MR) is 75.6 cm³/mol. The van der Waals surface area contributed by atoms with Gasteiger partial charge in [-0.25, -0.2) is 0 Å². The normalized spacial score (nSPS) is 11.6. The van der Waals surface area contributed by atoms with Crippen molar-refractivity contribution in [3.8, 4) is 6.07 Å². The number of likely N-dealkylation sites (N-methyl/N-ethyl adjacent to an activating group) is 1. The molecule has 2 rings (SSSR count).